The van der Waals surface area contributed by atoms with E-state index in [2.05, 4.69) is 5.32 Å². The Morgan fingerprint density at radius 1 is 1.11 bits per heavy atom. The van der Waals surface area contributed by atoms with Gasteiger partial charge < -0.3 is 5.32 Å². The van der Waals surface area contributed by atoms with Crippen molar-refractivity contribution >= 4 is 26.0 Å². The van der Waals surface area contributed by atoms with Gasteiger partial charge in [-0.15, -0.1) is 0 Å². The normalized spacial score (nSPS) is 17.0. The summed E-state index contributed by atoms with van der Waals surface area (Å²) in [5, 5.41) is 2.92. The zero-order valence-electron chi connectivity index (χ0n) is 16.6. The van der Waals surface area contributed by atoms with Crippen LogP contribution >= 0.6 is 0 Å². The minimum atomic E-state index is -3.36. The fourth-order valence-corrected chi connectivity index (χ4v) is 4.85. The van der Waals surface area contributed by atoms with Gasteiger partial charge in [0.15, 0.2) is 9.84 Å². The Kier molecular flexibility index (Phi) is 7.60. The summed E-state index contributed by atoms with van der Waals surface area (Å²) in [5.41, 5.74) is 0.907. The van der Waals surface area contributed by atoms with Crippen LogP contribution < -0.4 is 5.32 Å². The highest BCUT2D eigenvalue weighted by atomic mass is 32.2. The lowest BCUT2D eigenvalue weighted by atomic mass is 9.98. The number of carbonyl (C=O) groups is 1. The Labute approximate surface area is 168 Å². The van der Waals surface area contributed by atoms with E-state index in [-0.39, 0.29) is 16.7 Å². The first-order valence-corrected chi connectivity index (χ1v) is 12.5. The standard InChI is InChI=1S/C18H29N3O5S2/c1-20(2)28(25,26)21-12-10-16(11-13-21)14-19-18(22)9-6-15-4-7-17(8-5-15)27(3,23)24/h4-5,7-8,16H,6,9-14H2,1-3H3,(H,19,22). The van der Waals surface area contributed by atoms with Crippen LogP contribution in [0.4, 0.5) is 0 Å². The summed E-state index contributed by atoms with van der Waals surface area (Å²) >= 11 is 0. The van der Waals surface area contributed by atoms with Crippen LogP contribution in [0.15, 0.2) is 29.2 Å². The number of sulfone groups is 1. The van der Waals surface area contributed by atoms with Gasteiger partial charge in [-0.1, -0.05) is 12.1 Å². The second-order valence-corrected chi connectivity index (χ2v) is 11.5. The number of amides is 1. The Hall–Kier alpha value is -1.49. The molecule has 0 spiro atoms. The molecule has 1 amide bonds. The van der Waals surface area contributed by atoms with Crippen LogP contribution in [0.25, 0.3) is 0 Å². The number of nitrogens with zero attached hydrogens (tertiary/aromatic N) is 2. The minimum absolute atomic E-state index is 0.0597. The smallest absolute Gasteiger partial charge is 0.281 e. The van der Waals surface area contributed by atoms with E-state index in [1.54, 1.807) is 24.3 Å². The molecule has 1 heterocycles. The third kappa shape index (κ3) is 6.26. The maximum absolute atomic E-state index is 12.1. The van der Waals surface area contributed by atoms with Crippen LogP contribution in [0, 0.1) is 5.92 Å². The van der Waals surface area contributed by atoms with Crippen molar-refractivity contribution in [2.45, 2.75) is 30.6 Å². The van der Waals surface area contributed by atoms with Crippen molar-refractivity contribution in [2.24, 2.45) is 5.92 Å². The molecular formula is C18H29N3O5S2. The van der Waals surface area contributed by atoms with Crippen LogP contribution in [-0.4, -0.2) is 71.3 Å². The molecule has 1 aromatic carbocycles. The molecule has 0 aliphatic carbocycles. The highest BCUT2D eigenvalue weighted by molar-refractivity contribution is 7.90. The van der Waals surface area contributed by atoms with Crippen molar-refractivity contribution < 1.29 is 21.6 Å². The van der Waals surface area contributed by atoms with Gasteiger partial charge in [0.2, 0.25) is 5.91 Å². The van der Waals surface area contributed by atoms with Gasteiger partial charge in [0.1, 0.15) is 0 Å². The van der Waals surface area contributed by atoms with Crippen molar-refractivity contribution in [3.8, 4) is 0 Å². The van der Waals surface area contributed by atoms with E-state index in [0.29, 0.717) is 32.5 Å². The van der Waals surface area contributed by atoms with Crippen molar-refractivity contribution in [3.63, 3.8) is 0 Å². The first-order valence-electron chi connectivity index (χ1n) is 9.23. The van der Waals surface area contributed by atoms with E-state index in [1.165, 1.54) is 22.7 Å². The Morgan fingerprint density at radius 2 is 1.68 bits per heavy atom. The second-order valence-electron chi connectivity index (χ2n) is 7.35. The number of nitrogens with one attached hydrogen (secondary N) is 1. The minimum Gasteiger partial charge on any atom is -0.356 e. The summed E-state index contributed by atoms with van der Waals surface area (Å²) in [5.74, 6) is 0.210. The molecule has 1 aromatic rings. The third-order valence-electron chi connectivity index (χ3n) is 4.94. The summed E-state index contributed by atoms with van der Waals surface area (Å²) in [7, 11) is -3.53. The predicted molar refractivity (Wildman–Crippen MR) is 108 cm³/mol. The van der Waals surface area contributed by atoms with Gasteiger partial charge in [-0.25, -0.2) is 8.42 Å². The molecule has 0 atom stereocenters. The van der Waals surface area contributed by atoms with Gasteiger partial charge in [-0.3, -0.25) is 4.79 Å². The Morgan fingerprint density at radius 3 is 2.18 bits per heavy atom. The van der Waals surface area contributed by atoms with Crippen LogP contribution in [0.2, 0.25) is 0 Å². The summed E-state index contributed by atoms with van der Waals surface area (Å²) in [6.07, 6.45) is 3.47. The molecule has 0 saturated carbocycles. The molecule has 1 N–H and O–H groups in total. The SMILES string of the molecule is CN(C)S(=O)(=O)N1CCC(CNC(=O)CCc2ccc(S(C)(=O)=O)cc2)CC1. The van der Waals surface area contributed by atoms with E-state index >= 15 is 0 Å². The van der Waals surface area contributed by atoms with E-state index < -0.39 is 20.0 Å². The fraction of sp³-hybridized carbons (Fsp3) is 0.611. The van der Waals surface area contributed by atoms with Gasteiger partial charge in [0, 0.05) is 46.4 Å². The average Bonchev–Trinajstić information content (AvgIpc) is 2.64. The molecule has 1 fully saturated rings. The summed E-state index contributed by atoms with van der Waals surface area (Å²) in [4.78, 5) is 12.3. The van der Waals surface area contributed by atoms with Gasteiger partial charge in [0.25, 0.3) is 10.2 Å². The number of benzene rings is 1. The number of rotatable bonds is 8. The number of hydrogen-bond acceptors (Lipinski definition) is 5. The monoisotopic (exact) mass is 431 g/mol. The van der Waals surface area contributed by atoms with Crippen molar-refractivity contribution in [2.75, 3.05) is 40.0 Å². The van der Waals surface area contributed by atoms with Gasteiger partial charge >= 0.3 is 0 Å². The Bertz CT molecular complexity index is 872. The lowest BCUT2D eigenvalue weighted by Gasteiger charge is -2.32. The molecule has 0 radical (unpaired) electrons. The molecule has 0 aromatic heterocycles. The molecule has 1 aliphatic rings. The Balaban J connectivity index is 1.72. The quantitative estimate of drug-likeness (QED) is 0.651. The predicted octanol–water partition coefficient (Wildman–Crippen LogP) is 0.657. The van der Waals surface area contributed by atoms with Gasteiger partial charge in [0.05, 0.1) is 4.90 Å². The maximum atomic E-state index is 12.1. The molecule has 158 valence electrons. The molecule has 0 bridgehead atoms. The molecule has 1 aliphatic heterocycles. The topological polar surface area (TPSA) is 104 Å². The summed E-state index contributed by atoms with van der Waals surface area (Å²) in [6.45, 7) is 1.48. The zero-order valence-corrected chi connectivity index (χ0v) is 18.2. The van der Waals surface area contributed by atoms with Crippen LogP contribution in [-0.2, 0) is 31.3 Å². The van der Waals surface area contributed by atoms with Crippen LogP contribution in [0.5, 0.6) is 0 Å². The van der Waals surface area contributed by atoms with Crippen molar-refractivity contribution in [1.29, 1.82) is 0 Å². The molecule has 8 nitrogen and oxygen atoms in total. The number of hydrogen-bond donors (Lipinski definition) is 1. The van der Waals surface area contributed by atoms with E-state index in [4.69, 9.17) is 0 Å². The van der Waals surface area contributed by atoms with Gasteiger partial charge in [-0.2, -0.15) is 17.0 Å². The second kappa shape index (κ2) is 9.34. The highest BCUT2D eigenvalue weighted by Crippen LogP contribution is 2.20. The summed E-state index contributed by atoms with van der Waals surface area (Å²) < 4.78 is 49.8. The number of piperidine rings is 1. The molecule has 0 unspecified atom stereocenters. The fourth-order valence-electron chi connectivity index (χ4n) is 3.08. The molecule has 28 heavy (non-hydrogen) atoms. The zero-order chi connectivity index (χ0) is 20.9. The lowest BCUT2D eigenvalue weighted by Crippen LogP contribution is -2.45. The number of aryl methyl sites for hydroxylation is 1. The van der Waals surface area contributed by atoms with E-state index in [0.717, 1.165) is 24.7 Å². The van der Waals surface area contributed by atoms with Crippen LogP contribution in [0.3, 0.4) is 0 Å². The third-order valence-corrected chi connectivity index (χ3v) is 8.01. The van der Waals surface area contributed by atoms with Crippen molar-refractivity contribution in [1.82, 2.24) is 13.9 Å². The highest BCUT2D eigenvalue weighted by Gasteiger charge is 2.29. The largest absolute Gasteiger partial charge is 0.356 e. The first kappa shape index (κ1) is 22.8. The van der Waals surface area contributed by atoms with E-state index in [1.807, 2.05) is 0 Å². The lowest BCUT2D eigenvalue weighted by molar-refractivity contribution is -0.121. The summed E-state index contributed by atoms with van der Waals surface area (Å²) in [6, 6.07) is 6.56. The maximum Gasteiger partial charge on any atom is 0.281 e. The van der Waals surface area contributed by atoms with Crippen molar-refractivity contribution in [3.05, 3.63) is 29.8 Å². The van der Waals surface area contributed by atoms with Crippen LogP contribution in [0.1, 0.15) is 24.8 Å². The van der Waals surface area contributed by atoms with E-state index in [9.17, 15) is 21.6 Å². The molecular weight excluding hydrogens is 402 g/mol. The average molecular weight is 432 g/mol. The molecule has 2 rings (SSSR count). The number of carbonyl (C=O) groups excluding carboxylic acids is 1. The first-order chi connectivity index (χ1) is 13.0. The molecule has 10 heteroatoms. The molecule has 1 saturated heterocycles. The van der Waals surface area contributed by atoms with Gasteiger partial charge in [-0.05, 0) is 42.9 Å².